The monoisotopic (exact) mass is 545 g/mol. The van der Waals surface area contributed by atoms with E-state index in [1.165, 1.54) is 26.2 Å². The first-order chi connectivity index (χ1) is 19.3. The van der Waals surface area contributed by atoms with Crippen molar-refractivity contribution in [3.05, 3.63) is 65.9 Å². The van der Waals surface area contributed by atoms with Crippen molar-refractivity contribution in [3.8, 4) is 5.75 Å². The Hall–Kier alpha value is -3.20. The molecule has 2 aromatic carbocycles. The van der Waals surface area contributed by atoms with Crippen LogP contribution >= 0.6 is 0 Å². The second-order valence-electron chi connectivity index (χ2n) is 11.4. The molecular weight excluding hydrogens is 502 g/mol. The van der Waals surface area contributed by atoms with Crippen molar-refractivity contribution in [2.24, 2.45) is 5.73 Å². The third kappa shape index (κ3) is 5.40. The highest BCUT2D eigenvalue weighted by Gasteiger charge is 2.51. The van der Waals surface area contributed by atoms with Gasteiger partial charge in [0.05, 0.1) is 7.11 Å². The molecule has 2 atom stereocenters. The summed E-state index contributed by atoms with van der Waals surface area (Å²) in [5.74, 6) is 0.341. The van der Waals surface area contributed by atoms with Crippen LogP contribution in [-0.4, -0.2) is 83.8 Å². The number of aromatic nitrogens is 1. The van der Waals surface area contributed by atoms with Crippen LogP contribution in [0, 0.1) is 0 Å². The number of nitrogens with one attached hydrogen (secondary N) is 1. The molecule has 0 spiro atoms. The van der Waals surface area contributed by atoms with Gasteiger partial charge in [-0.25, -0.2) is 0 Å². The lowest BCUT2D eigenvalue weighted by atomic mass is 9.77. The van der Waals surface area contributed by atoms with Gasteiger partial charge in [-0.05, 0) is 57.8 Å². The van der Waals surface area contributed by atoms with Crippen LogP contribution in [-0.2, 0) is 21.7 Å². The largest absolute Gasteiger partial charge is 0.496 e. The number of likely N-dealkylation sites (tertiary alicyclic amines) is 2. The standard InChI is InChI=1S/C32H43N5O3/c1-23(38)32(33,27-21-34-28-13-7-6-12-26(27)28)30(31(39)35(2)22-24-11-5-8-14-29(24)40-3)37-19-15-25(16-20-37)36-17-9-4-10-18-36/h5-8,11-14,21,25,30,34H,4,9-10,15-20,22,33H2,1-3H3. The van der Waals surface area contributed by atoms with Gasteiger partial charge in [0.25, 0.3) is 0 Å². The summed E-state index contributed by atoms with van der Waals surface area (Å²) in [5.41, 5.74) is 8.16. The maximum atomic E-state index is 14.5. The van der Waals surface area contributed by atoms with Crippen molar-refractivity contribution in [2.75, 3.05) is 40.3 Å². The first kappa shape index (κ1) is 28.3. The van der Waals surface area contributed by atoms with Crippen LogP contribution in [0.3, 0.4) is 0 Å². The first-order valence-corrected chi connectivity index (χ1v) is 14.6. The van der Waals surface area contributed by atoms with Crippen LogP contribution in [0.2, 0.25) is 0 Å². The average molecular weight is 546 g/mol. The molecule has 3 N–H and O–H groups in total. The van der Waals surface area contributed by atoms with Gasteiger partial charge in [-0.3, -0.25) is 14.5 Å². The number of aromatic amines is 1. The van der Waals surface area contributed by atoms with E-state index in [1.807, 2.05) is 54.7 Å². The van der Waals surface area contributed by atoms with Gasteiger partial charge in [0.2, 0.25) is 5.91 Å². The number of hydrogen-bond donors (Lipinski definition) is 2. The number of fused-ring (bicyclic) bond motifs is 1. The molecule has 0 bridgehead atoms. The summed E-state index contributed by atoms with van der Waals surface area (Å²) in [6.07, 6.45) is 7.55. The summed E-state index contributed by atoms with van der Waals surface area (Å²) in [7, 11) is 3.42. The molecule has 8 heteroatoms. The van der Waals surface area contributed by atoms with Crippen molar-refractivity contribution in [1.29, 1.82) is 0 Å². The van der Waals surface area contributed by atoms with Gasteiger partial charge in [-0.2, -0.15) is 0 Å². The second kappa shape index (κ2) is 12.1. The van der Waals surface area contributed by atoms with Gasteiger partial charge < -0.3 is 25.3 Å². The molecule has 40 heavy (non-hydrogen) atoms. The fourth-order valence-electron chi connectivity index (χ4n) is 6.75. The summed E-state index contributed by atoms with van der Waals surface area (Å²) in [5, 5.41) is 0.869. The van der Waals surface area contributed by atoms with E-state index in [0.29, 0.717) is 31.2 Å². The summed E-state index contributed by atoms with van der Waals surface area (Å²) in [6.45, 7) is 5.61. The molecule has 214 valence electrons. The van der Waals surface area contributed by atoms with Crippen molar-refractivity contribution < 1.29 is 14.3 Å². The highest BCUT2D eigenvalue weighted by Crippen LogP contribution is 2.36. The van der Waals surface area contributed by atoms with Crippen molar-refractivity contribution in [3.63, 3.8) is 0 Å². The van der Waals surface area contributed by atoms with Crippen LogP contribution in [0.15, 0.2) is 54.7 Å². The van der Waals surface area contributed by atoms with E-state index in [9.17, 15) is 9.59 Å². The third-order valence-electron chi connectivity index (χ3n) is 9.03. The van der Waals surface area contributed by atoms with Crippen LogP contribution in [0.4, 0.5) is 0 Å². The smallest absolute Gasteiger partial charge is 0.242 e. The number of piperidine rings is 2. The van der Waals surface area contributed by atoms with Crippen LogP contribution in [0.25, 0.3) is 10.9 Å². The number of nitrogens with two attached hydrogens (primary N) is 1. The van der Waals surface area contributed by atoms with Gasteiger partial charge in [0.15, 0.2) is 5.78 Å². The molecular formula is C32H43N5O3. The Balaban J connectivity index is 1.50. The number of nitrogens with zero attached hydrogens (tertiary/aromatic N) is 3. The van der Waals surface area contributed by atoms with E-state index in [2.05, 4.69) is 14.8 Å². The second-order valence-corrected chi connectivity index (χ2v) is 11.4. The number of methoxy groups -OCH3 is 1. The molecule has 3 aromatic rings. The quantitative estimate of drug-likeness (QED) is 0.424. The highest BCUT2D eigenvalue weighted by molar-refractivity contribution is 6.00. The molecule has 1 aromatic heterocycles. The first-order valence-electron chi connectivity index (χ1n) is 14.6. The molecule has 3 heterocycles. The molecule has 2 saturated heterocycles. The lowest BCUT2D eigenvalue weighted by Gasteiger charge is -2.47. The van der Waals surface area contributed by atoms with E-state index in [1.54, 1.807) is 19.1 Å². The number of likely N-dealkylation sites (N-methyl/N-ethyl adjacent to an activating group) is 1. The number of carbonyl (C=O) groups is 2. The number of rotatable bonds is 9. The van der Waals surface area contributed by atoms with E-state index in [0.717, 1.165) is 48.1 Å². The minimum absolute atomic E-state index is 0.162. The molecule has 2 unspecified atom stereocenters. The number of ketones is 1. The van der Waals surface area contributed by atoms with E-state index in [-0.39, 0.29) is 11.7 Å². The van der Waals surface area contributed by atoms with E-state index >= 15 is 0 Å². The van der Waals surface area contributed by atoms with Crippen molar-refractivity contribution >= 4 is 22.6 Å². The summed E-state index contributed by atoms with van der Waals surface area (Å²) in [6, 6.07) is 15.2. The average Bonchev–Trinajstić information content (AvgIpc) is 3.43. The molecule has 0 radical (unpaired) electrons. The summed E-state index contributed by atoms with van der Waals surface area (Å²) in [4.78, 5) is 37.9. The zero-order valence-electron chi connectivity index (χ0n) is 24.1. The van der Waals surface area contributed by atoms with Crippen molar-refractivity contribution in [2.45, 2.75) is 63.2 Å². The normalized spacial score (nSPS) is 19.7. The lowest BCUT2D eigenvalue weighted by molar-refractivity contribution is -0.145. The van der Waals surface area contributed by atoms with Crippen LogP contribution in [0.1, 0.15) is 50.2 Å². The Kier molecular flexibility index (Phi) is 8.59. The number of carbonyl (C=O) groups excluding carboxylic acids is 2. The molecule has 2 aliphatic rings. The summed E-state index contributed by atoms with van der Waals surface area (Å²) < 4.78 is 5.55. The molecule has 0 saturated carbocycles. The van der Waals surface area contributed by atoms with Gasteiger partial charge in [0, 0.05) is 61.0 Å². The Labute approximate surface area is 237 Å². The number of benzene rings is 2. The van der Waals surface area contributed by atoms with Crippen LogP contribution in [0.5, 0.6) is 5.75 Å². The Morgan fingerprint density at radius 2 is 1.73 bits per heavy atom. The SMILES string of the molecule is COc1ccccc1CN(C)C(=O)C(N1CCC(N2CCCCC2)CC1)C(N)(C(C)=O)c1c[nH]c2ccccc12. The Morgan fingerprint density at radius 1 is 1.05 bits per heavy atom. The predicted molar refractivity (Wildman–Crippen MR) is 158 cm³/mol. The summed E-state index contributed by atoms with van der Waals surface area (Å²) >= 11 is 0. The maximum absolute atomic E-state index is 14.5. The zero-order valence-corrected chi connectivity index (χ0v) is 24.1. The fraction of sp³-hybridized carbons (Fsp3) is 0.500. The topological polar surface area (TPSA) is 94.9 Å². The number of ether oxygens (including phenoxy) is 1. The number of Topliss-reactive ketones (excluding diaryl/α,β-unsaturated/α-hetero) is 1. The number of hydrogen-bond acceptors (Lipinski definition) is 6. The molecule has 5 rings (SSSR count). The predicted octanol–water partition coefficient (Wildman–Crippen LogP) is 3.90. The molecule has 0 aliphatic carbocycles. The molecule has 8 nitrogen and oxygen atoms in total. The molecule has 1 amide bonds. The van der Waals surface area contributed by atoms with Gasteiger partial charge in [-0.1, -0.05) is 42.8 Å². The minimum atomic E-state index is -1.52. The van der Waals surface area contributed by atoms with Gasteiger partial charge >= 0.3 is 0 Å². The lowest BCUT2D eigenvalue weighted by Crippen LogP contribution is -2.67. The number of H-pyrrole nitrogens is 1. The van der Waals surface area contributed by atoms with Gasteiger partial charge in [-0.15, -0.1) is 0 Å². The number of para-hydroxylation sites is 2. The fourth-order valence-corrected chi connectivity index (χ4v) is 6.75. The highest BCUT2D eigenvalue weighted by atomic mass is 16.5. The third-order valence-corrected chi connectivity index (χ3v) is 9.03. The van der Waals surface area contributed by atoms with Gasteiger partial charge in [0.1, 0.15) is 17.3 Å². The maximum Gasteiger partial charge on any atom is 0.242 e. The zero-order chi connectivity index (χ0) is 28.3. The minimum Gasteiger partial charge on any atom is -0.496 e. The number of amides is 1. The van der Waals surface area contributed by atoms with Crippen LogP contribution < -0.4 is 10.5 Å². The van der Waals surface area contributed by atoms with E-state index in [4.69, 9.17) is 10.5 Å². The van der Waals surface area contributed by atoms with Crippen molar-refractivity contribution in [1.82, 2.24) is 19.7 Å². The molecule has 2 aliphatic heterocycles. The van der Waals surface area contributed by atoms with E-state index < -0.39 is 11.6 Å². The molecule has 2 fully saturated rings. The Morgan fingerprint density at radius 3 is 2.42 bits per heavy atom. The Bertz CT molecular complexity index is 1320.